The molecule has 1 unspecified atom stereocenters. The van der Waals surface area contributed by atoms with Gasteiger partial charge in [0, 0.05) is 29.5 Å². The SMILES string of the molecule is Oc1c(C(c2cccnc2)[NH+]2CCOCC2)cc(Cl)c2cccnc12. The Bertz CT molecular complexity index is 882. The Hall–Kier alpha value is -2.21. The third-order valence-corrected chi connectivity index (χ3v) is 5.03. The number of hydrogen-bond donors (Lipinski definition) is 2. The number of pyridine rings is 2. The maximum absolute atomic E-state index is 11.0. The fourth-order valence-corrected chi connectivity index (χ4v) is 3.80. The van der Waals surface area contributed by atoms with Crippen LogP contribution in [0.5, 0.6) is 5.75 Å². The summed E-state index contributed by atoms with van der Waals surface area (Å²) in [7, 11) is 0. The van der Waals surface area contributed by atoms with Gasteiger partial charge < -0.3 is 14.7 Å². The number of hydrogen-bond acceptors (Lipinski definition) is 4. The van der Waals surface area contributed by atoms with Gasteiger partial charge in [-0.3, -0.25) is 9.97 Å². The smallest absolute Gasteiger partial charge is 0.151 e. The van der Waals surface area contributed by atoms with Gasteiger partial charge in [-0.05, 0) is 30.3 Å². The van der Waals surface area contributed by atoms with E-state index in [1.165, 1.54) is 4.90 Å². The largest absolute Gasteiger partial charge is 0.505 e. The minimum atomic E-state index is -0.0680. The van der Waals surface area contributed by atoms with E-state index in [1.54, 1.807) is 12.4 Å². The number of phenolic OH excluding ortho intramolecular Hbond substituents is 1. The summed E-state index contributed by atoms with van der Waals surface area (Å²) < 4.78 is 5.51. The van der Waals surface area contributed by atoms with Crippen molar-refractivity contribution in [2.75, 3.05) is 26.3 Å². The Morgan fingerprint density at radius 2 is 1.96 bits per heavy atom. The Balaban J connectivity index is 1.90. The topological polar surface area (TPSA) is 59.7 Å². The molecule has 25 heavy (non-hydrogen) atoms. The van der Waals surface area contributed by atoms with Crippen molar-refractivity contribution < 1.29 is 14.7 Å². The van der Waals surface area contributed by atoms with Crippen molar-refractivity contribution in [1.82, 2.24) is 9.97 Å². The molecule has 0 amide bonds. The fraction of sp³-hybridized carbons (Fsp3) is 0.263. The molecule has 1 saturated heterocycles. The van der Waals surface area contributed by atoms with Gasteiger partial charge in [0.1, 0.15) is 24.6 Å². The Morgan fingerprint density at radius 3 is 2.72 bits per heavy atom. The molecule has 0 bridgehead atoms. The van der Waals surface area contributed by atoms with Gasteiger partial charge in [-0.25, -0.2) is 0 Å². The van der Waals surface area contributed by atoms with Crippen LogP contribution in [0.15, 0.2) is 48.9 Å². The average molecular weight is 357 g/mol. The second kappa shape index (κ2) is 6.96. The first-order chi connectivity index (χ1) is 12.3. The third-order valence-electron chi connectivity index (χ3n) is 4.72. The lowest BCUT2D eigenvalue weighted by molar-refractivity contribution is -0.933. The highest BCUT2D eigenvalue weighted by Gasteiger charge is 2.31. The molecule has 1 atom stereocenters. The predicted octanol–water partition coefficient (Wildman–Crippen LogP) is 1.99. The van der Waals surface area contributed by atoms with Crippen LogP contribution >= 0.6 is 11.6 Å². The summed E-state index contributed by atoms with van der Waals surface area (Å²) in [5, 5.41) is 12.3. The number of rotatable bonds is 3. The molecule has 0 saturated carbocycles. The van der Waals surface area contributed by atoms with E-state index in [0.717, 1.165) is 29.6 Å². The highest BCUT2D eigenvalue weighted by atomic mass is 35.5. The molecule has 1 aliphatic heterocycles. The minimum Gasteiger partial charge on any atom is -0.505 e. The zero-order valence-corrected chi connectivity index (χ0v) is 14.4. The van der Waals surface area contributed by atoms with Crippen molar-refractivity contribution >= 4 is 22.5 Å². The first kappa shape index (κ1) is 16.3. The molecule has 3 aromatic rings. The first-order valence-electron chi connectivity index (χ1n) is 8.34. The average Bonchev–Trinajstić information content (AvgIpc) is 2.68. The van der Waals surface area contributed by atoms with E-state index in [-0.39, 0.29) is 11.8 Å². The predicted molar refractivity (Wildman–Crippen MR) is 96.0 cm³/mol. The number of aromatic nitrogens is 2. The maximum atomic E-state index is 11.0. The van der Waals surface area contributed by atoms with Crippen molar-refractivity contribution in [2.24, 2.45) is 0 Å². The molecule has 3 heterocycles. The van der Waals surface area contributed by atoms with Crippen LogP contribution in [0.2, 0.25) is 5.02 Å². The number of quaternary nitrogens is 1. The summed E-state index contributed by atoms with van der Waals surface area (Å²) in [4.78, 5) is 9.93. The molecule has 0 spiro atoms. The number of aromatic hydroxyl groups is 1. The first-order valence-corrected chi connectivity index (χ1v) is 8.72. The van der Waals surface area contributed by atoms with Crippen LogP contribution < -0.4 is 4.90 Å². The van der Waals surface area contributed by atoms with Crippen LogP contribution in [0.25, 0.3) is 10.9 Å². The number of phenols is 1. The van der Waals surface area contributed by atoms with Crippen molar-refractivity contribution in [2.45, 2.75) is 6.04 Å². The molecule has 1 aromatic carbocycles. The number of fused-ring (bicyclic) bond motifs is 1. The summed E-state index contributed by atoms with van der Waals surface area (Å²) in [6.07, 6.45) is 5.27. The van der Waals surface area contributed by atoms with Gasteiger partial charge in [-0.15, -0.1) is 0 Å². The van der Waals surface area contributed by atoms with E-state index >= 15 is 0 Å². The van der Waals surface area contributed by atoms with Gasteiger partial charge >= 0.3 is 0 Å². The van der Waals surface area contributed by atoms with Gasteiger partial charge in [-0.2, -0.15) is 0 Å². The summed E-state index contributed by atoms with van der Waals surface area (Å²) in [6.45, 7) is 3.12. The fourth-order valence-electron chi connectivity index (χ4n) is 3.53. The molecule has 0 aliphatic carbocycles. The number of halogens is 1. The second-order valence-electron chi connectivity index (χ2n) is 6.19. The monoisotopic (exact) mass is 356 g/mol. The van der Waals surface area contributed by atoms with Crippen molar-refractivity contribution in [3.8, 4) is 5.75 Å². The van der Waals surface area contributed by atoms with E-state index < -0.39 is 0 Å². The molecular weight excluding hydrogens is 338 g/mol. The lowest BCUT2D eigenvalue weighted by Gasteiger charge is -2.32. The normalized spacial score (nSPS) is 16.8. The number of morpholine rings is 1. The number of nitrogens with one attached hydrogen (secondary N) is 1. The number of ether oxygens (including phenoxy) is 1. The van der Waals surface area contributed by atoms with Crippen molar-refractivity contribution in [3.05, 3.63) is 65.1 Å². The molecule has 2 N–H and O–H groups in total. The molecule has 128 valence electrons. The van der Waals surface area contributed by atoms with Gasteiger partial charge in [0.2, 0.25) is 0 Å². The Morgan fingerprint density at radius 1 is 1.16 bits per heavy atom. The van der Waals surface area contributed by atoms with E-state index in [0.29, 0.717) is 23.8 Å². The van der Waals surface area contributed by atoms with E-state index in [2.05, 4.69) is 9.97 Å². The molecule has 1 fully saturated rings. The summed E-state index contributed by atoms with van der Waals surface area (Å²) in [5.41, 5.74) is 2.36. The minimum absolute atomic E-state index is 0.0680. The lowest BCUT2D eigenvalue weighted by Crippen LogP contribution is -3.14. The van der Waals surface area contributed by atoms with Crippen LogP contribution in [0, 0.1) is 0 Å². The van der Waals surface area contributed by atoms with E-state index in [1.807, 2.05) is 36.5 Å². The Labute approximate surface area is 150 Å². The lowest BCUT2D eigenvalue weighted by atomic mass is 9.95. The van der Waals surface area contributed by atoms with E-state index in [9.17, 15) is 5.11 Å². The number of benzene rings is 1. The Kier molecular flexibility index (Phi) is 4.53. The van der Waals surface area contributed by atoms with Gasteiger partial charge in [0.15, 0.2) is 5.75 Å². The standard InChI is InChI=1S/C19H18ClN3O2/c20-16-11-15(19(24)17-14(16)4-2-6-22-17)18(13-3-1-5-21-12-13)23-7-9-25-10-8-23/h1-6,11-12,18,24H,7-10H2/p+1. The van der Waals surface area contributed by atoms with Crippen LogP contribution in [0.3, 0.4) is 0 Å². The molecule has 6 heteroatoms. The summed E-state index contributed by atoms with van der Waals surface area (Å²) in [5.74, 6) is 0.188. The number of nitrogens with zero attached hydrogens (tertiary/aromatic N) is 2. The molecule has 0 radical (unpaired) electrons. The van der Waals surface area contributed by atoms with E-state index in [4.69, 9.17) is 16.3 Å². The third kappa shape index (κ3) is 3.06. The quantitative estimate of drug-likeness (QED) is 0.753. The van der Waals surface area contributed by atoms with Crippen LogP contribution in [-0.2, 0) is 4.74 Å². The van der Waals surface area contributed by atoms with Gasteiger partial charge in [0.25, 0.3) is 0 Å². The molecule has 4 rings (SSSR count). The maximum Gasteiger partial charge on any atom is 0.151 e. The summed E-state index contributed by atoms with van der Waals surface area (Å²) >= 11 is 6.50. The van der Waals surface area contributed by atoms with Gasteiger partial charge in [-0.1, -0.05) is 11.6 Å². The second-order valence-corrected chi connectivity index (χ2v) is 6.59. The molecule has 1 aliphatic rings. The van der Waals surface area contributed by atoms with Crippen molar-refractivity contribution in [3.63, 3.8) is 0 Å². The van der Waals surface area contributed by atoms with Crippen molar-refractivity contribution in [1.29, 1.82) is 0 Å². The zero-order valence-electron chi connectivity index (χ0n) is 13.7. The van der Waals surface area contributed by atoms with Crippen LogP contribution in [0.4, 0.5) is 0 Å². The van der Waals surface area contributed by atoms with Gasteiger partial charge in [0.05, 0.1) is 23.8 Å². The molecular formula is C19H19ClN3O2+. The highest BCUT2D eigenvalue weighted by Crippen LogP contribution is 2.37. The molecule has 5 nitrogen and oxygen atoms in total. The van der Waals surface area contributed by atoms with Crippen LogP contribution in [0.1, 0.15) is 17.2 Å². The van der Waals surface area contributed by atoms with Crippen LogP contribution in [-0.4, -0.2) is 41.4 Å². The summed E-state index contributed by atoms with van der Waals surface area (Å²) in [6, 6.07) is 9.44. The highest BCUT2D eigenvalue weighted by molar-refractivity contribution is 6.35. The molecule has 2 aromatic heterocycles. The zero-order chi connectivity index (χ0) is 17.2.